The van der Waals surface area contributed by atoms with Crippen LogP contribution in [-0.2, 0) is 20.3 Å². The molecule has 1 aromatic heterocycles. The Morgan fingerprint density at radius 3 is 2.74 bits per heavy atom. The Morgan fingerprint density at radius 1 is 1.37 bits per heavy atom. The number of ether oxygens (including phenoxy) is 2. The molecule has 2 rings (SSSR count). The molecular weight excluding hydrogens is 312 g/mol. The zero-order valence-electron chi connectivity index (χ0n) is 10.8. The lowest BCUT2D eigenvalue weighted by atomic mass is 10.3. The highest BCUT2D eigenvalue weighted by atomic mass is 79.9. The first-order valence-corrected chi connectivity index (χ1v) is 6.53. The SMILES string of the molecule is COc1cccc(OCc2nn(C)c(CO)c2Br)c1. The van der Waals surface area contributed by atoms with Gasteiger partial charge in [0.15, 0.2) is 0 Å². The lowest BCUT2D eigenvalue weighted by Gasteiger charge is -2.06. The molecule has 1 N–H and O–H groups in total. The van der Waals surface area contributed by atoms with Crippen molar-refractivity contribution in [1.29, 1.82) is 0 Å². The zero-order valence-corrected chi connectivity index (χ0v) is 12.3. The van der Waals surface area contributed by atoms with Crippen LogP contribution in [0.4, 0.5) is 0 Å². The van der Waals surface area contributed by atoms with Crippen LogP contribution in [0.1, 0.15) is 11.4 Å². The highest BCUT2D eigenvalue weighted by molar-refractivity contribution is 9.10. The number of aliphatic hydroxyl groups is 1. The molecular formula is C13H15BrN2O3. The first-order valence-electron chi connectivity index (χ1n) is 5.73. The van der Waals surface area contributed by atoms with Gasteiger partial charge in [-0.1, -0.05) is 6.07 Å². The Labute approximate surface area is 119 Å². The van der Waals surface area contributed by atoms with Gasteiger partial charge in [-0.3, -0.25) is 4.68 Å². The Morgan fingerprint density at radius 2 is 2.11 bits per heavy atom. The molecule has 0 aliphatic heterocycles. The van der Waals surface area contributed by atoms with E-state index in [1.54, 1.807) is 18.8 Å². The van der Waals surface area contributed by atoms with Crippen molar-refractivity contribution in [3.05, 3.63) is 40.1 Å². The molecule has 1 aromatic carbocycles. The molecule has 0 saturated heterocycles. The van der Waals surface area contributed by atoms with Gasteiger partial charge in [0.25, 0.3) is 0 Å². The van der Waals surface area contributed by atoms with E-state index >= 15 is 0 Å². The molecule has 19 heavy (non-hydrogen) atoms. The van der Waals surface area contributed by atoms with Crippen LogP contribution in [0.5, 0.6) is 11.5 Å². The smallest absolute Gasteiger partial charge is 0.133 e. The van der Waals surface area contributed by atoms with Crippen molar-refractivity contribution in [2.75, 3.05) is 7.11 Å². The Kier molecular flexibility index (Phi) is 4.44. The quantitative estimate of drug-likeness (QED) is 0.915. The lowest BCUT2D eigenvalue weighted by Crippen LogP contribution is -1.99. The second-order valence-electron chi connectivity index (χ2n) is 3.96. The number of halogens is 1. The van der Waals surface area contributed by atoms with Crippen molar-refractivity contribution < 1.29 is 14.6 Å². The van der Waals surface area contributed by atoms with Crippen molar-refractivity contribution in [2.45, 2.75) is 13.2 Å². The van der Waals surface area contributed by atoms with E-state index in [0.29, 0.717) is 12.4 Å². The van der Waals surface area contributed by atoms with Gasteiger partial charge in [-0.05, 0) is 28.1 Å². The number of hydrogen-bond donors (Lipinski definition) is 1. The molecule has 0 unspecified atom stereocenters. The van der Waals surface area contributed by atoms with E-state index in [1.807, 2.05) is 24.3 Å². The third-order valence-corrected chi connectivity index (χ3v) is 3.65. The predicted molar refractivity (Wildman–Crippen MR) is 74.2 cm³/mol. The summed E-state index contributed by atoms with van der Waals surface area (Å²) in [5.41, 5.74) is 1.47. The number of aliphatic hydroxyl groups excluding tert-OH is 1. The zero-order chi connectivity index (χ0) is 13.8. The molecule has 0 amide bonds. The summed E-state index contributed by atoms with van der Waals surface area (Å²) in [7, 11) is 3.40. The Bertz CT molecular complexity index is 569. The monoisotopic (exact) mass is 326 g/mol. The largest absolute Gasteiger partial charge is 0.497 e. The fraction of sp³-hybridized carbons (Fsp3) is 0.308. The minimum absolute atomic E-state index is 0.0662. The van der Waals surface area contributed by atoms with Gasteiger partial charge in [0, 0.05) is 13.1 Å². The van der Waals surface area contributed by atoms with E-state index in [2.05, 4.69) is 21.0 Å². The van der Waals surface area contributed by atoms with Crippen LogP contribution in [0.2, 0.25) is 0 Å². The highest BCUT2D eigenvalue weighted by Gasteiger charge is 2.13. The standard InChI is InChI=1S/C13H15BrN2O3/c1-16-12(7-17)13(14)11(15-16)8-19-10-5-3-4-9(6-10)18-2/h3-6,17H,7-8H2,1-2H3. The van der Waals surface area contributed by atoms with Crippen LogP contribution in [0.3, 0.4) is 0 Å². The van der Waals surface area contributed by atoms with Crippen LogP contribution < -0.4 is 9.47 Å². The number of aryl methyl sites for hydroxylation is 1. The van der Waals surface area contributed by atoms with Gasteiger partial charge < -0.3 is 14.6 Å². The van der Waals surface area contributed by atoms with Crippen LogP contribution >= 0.6 is 15.9 Å². The van der Waals surface area contributed by atoms with Crippen LogP contribution in [0, 0.1) is 0 Å². The molecule has 0 spiro atoms. The summed E-state index contributed by atoms with van der Waals surface area (Å²) < 4.78 is 13.2. The van der Waals surface area contributed by atoms with Crippen molar-refractivity contribution >= 4 is 15.9 Å². The fourth-order valence-electron chi connectivity index (χ4n) is 1.70. The van der Waals surface area contributed by atoms with E-state index in [1.165, 1.54) is 0 Å². The fourth-order valence-corrected chi connectivity index (χ4v) is 2.28. The second kappa shape index (κ2) is 6.08. The minimum Gasteiger partial charge on any atom is -0.497 e. The number of methoxy groups -OCH3 is 1. The molecule has 0 atom stereocenters. The molecule has 0 radical (unpaired) electrons. The van der Waals surface area contributed by atoms with Gasteiger partial charge in [-0.15, -0.1) is 0 Å². The van der Waals surface area contributed by atoms with Gasteiger partial charge in [-0.25, -0.2) is 0 Å². The first-order chi connectivity index (χ1) is 9.15. The number of rotatable bonds is 5. The molecule has 0 aliphatic rings. The van der Waals surface area contributed by atoms with Gasteiger partial charge in [0.05, 0.1) is 23.9 Å². The average Bonchev–Trinajstić information content (AvgIpc) is 2.71. The summed E-state index contributed by atoms with van der Waals surface area (Å²) in [4.78, 5) is 0. The van der Waals surface area contributed by atoms with E-state index in [4.69, 9.17) is 9.47 Å². The Balaban J connectivity index is 2.10. The van der Waals surface area contributed by atoms with Crippen molar-refractivity contribution in [1.82, 2.24) is 9.78 Å². The number of benzene rings is 1. The summed E-state index contributed by atoms with van der Waals surface area (Å²) >= 11 is 3.42. The molecule has 6 heteroatoms. The number of nitrogens with zero attached hydrogens (tertiary/aromatic N) is 2. The topological polar surface area (TPSA) is 56.5 Å². The Hall–Kier alpha value is -1.53. The lowest BCUT2D eigenvalue weighted by molar-refractivity contribution is 0.270. The molecule has 1 heterocycles. The van der Waals surface area contributed by atoms with E-state index in [0.717, 1.165) is 21.6 Å². The number of hydrogen-bond acceptors (Lipinski definition) is 4. The molecule has 5 nitrogen and oxygen atoms in total. The van der Waals surface area contributed by atoms with Crippen molar-refractivity contribution in [2.24, 2.45) is 7.05 Å². The average molecular weight is 327 g/mol. The maximum atomic E-state index is 9.22. The summed E-state index contributed by atoms with van der Waals surface area (Å²) in [6.45, 7) is 0.255. The van der Waals surface area contributed by atoms with E-state index < -0.39 is 0 Å². The molecule has 0 saturated carbocycles. The van der Waals surface area contributed by atoms with Crippen LogP contribution in [-0.4, -0.2) is 22.0 Å². The van der Waals surface area contributed by atoms with Crippen LogP contribution in [0.15, 0.2) is 28.7 Å². The third-order valence-electron chi connectivity index (χ3n) is 2.73. The molecule has 2 aromatic rings. The molecule has 0 bridgehead atoms. The predicted octanol–water partition coefficient (Wildman–Crippen LogP) is 2.26. The number of aromatic nitrogens is 2. The normalized spacial score (nSPS) is 10.5. The molecule has 0 fully saturated rings. The summed E-state index contributed by atoms with van der Waals surface area (Å²) in [5, 5.41) is 13.5. The van der Waals surface area contributed by atoms with Crippen LogP contribution in [0.25, 0.3) is 0 Å². The molecule has 102 valence electrons. The highest BCUT2D eigenvalue weighted by Crippen LogP contribution is 2.24. The van der Waals surface area contributed by atoms with Crippen molar-refractivity contribution in [3.8, 4) is 11.5 Å². The summed E-state index contributed by atoms with van der Waals surface area (Å²) in [6, 6.07) is 7.38. The van der Waals surface area contributed by atoms with Gasteiger partial charge >= 0.3 is 0 Å². The second-order valence-corrected chi connectivity index (χ2v) is 4.75. The third kappa shape index (κ3) is 3.08. The summed E-state index contributed by atoms with van der Waals surface area (Å²) in [6.07, 6.45) is 0. The van der Waals surface area contributed by atoms with Crippen molar-refractivity contribution in [3.63, 3.8) is 0 Å². The van der Waals surface area contributed by atoms with E-state index in [-0.39, 0.29) is 6.61 Å². The van der Waals surface area contributed by atoms with Gasteiger partial charge in [0.2, 0.25) is 0 Å². The first kappa shape index (κ1) is 13.9. The van der Waals surface area contributed by atoms with E-state index in [9.17, 15) is 5.11 Å². The maximum Gasteiger partial charge on any atom is 0.133 e. The molecule has 0 aliphatic carbocycles. The van der Waals surface area contributed by atoms with Gasteiger partial charge in [-0.2, -0.15) is 5.10 Å². The minimum atomic E-state index is -0.0662. The maximum absolute atomic E-state index is 9.22. The van der Waals surface area contributed by atoms with Gasteiger partial charge in [0.1, 0.15) is 23.8 Å². The summed E-state index contributed by atoms with van der Waals surface area (Å²) in [5.74, 6) is 1.45.